The van der Waals surface area contributed by atoms with Gasteiger partial charge < -0.3 is 10.0 Å². The lowest BCUT2D eigenvalue weighted by atomic mass is 9.99. The number of aromatic carboxylic acids is 1. The van der Waals surface area contributed by atoms with Crippen LogP contribution in [0.3, 0.4) is 0 Å². The van der Waals surface area contributed by atoms with Gasteiger partial charge in [-0.05, 0) is 68.0 Å². The molecule has 2 N–H and O–H groups in total. The summed E-state index contributed by atoms with van der Waals surface area (Å²) in [6.45, 7) is 7.37. The van der Waals surface area contributed by atoms with Crippen molar-refractivity contribution in [2.24, 2.45) is 5.92 Å². The SMILES string of the molecule is Cc1ccc(C)c(S(=O)(=O)Nc2cc(C(=O)O)ccc2N2CCC[C@@H](C)C2)c1. The van der Waals surface area contributed by atoms with E-state index in [1.54, 1.807) is 25.1 Å². The summed E-state index contributed by atoms with van der Waals surface area (Å²) >= 11 is 0. The maximum atomic E-state index is 13.1. The third kappa shape index (κ3) is 4.30. The minimum atomic E-state index is -3.85. The van der Waals surface area contributed by atoms with Crippen LogP contribution < -0.4 is 9.62 Å². The van der Waals surface area contributed by atoms with Gasteiger partial charge in [-0.2, -0.15) is 0 Å². The molecular formula is C21H26N2O4S. The first-order valence-electron chi connectivity index (χ1n) is 9.40. The molecule has 7 heteroatoms. The summed E-state index contributed by atoms with van der Waals surface area (Å²) in [7, 11) is -3.85. The van der Waals surface area contributed by atoms with Crippen molar-refractivity contribution in [3.8, 4) is 0 Å². The van der Waals surface area contributed by atoms with Crippen LogP contribution in [0, 0.1) is 19.8 Å². The predicted octanol–water partition coefficient (Wildman–Crippen LogP) is 4.04. The van der Waals surface area contributed by atoms with E-state index in [9.17, 15) is 18.3 Å². The Bertz CT molecular complexity index is 1000. The molecular weight excluding hydrogens is 376 g/mol. The van der Waals surface area contributed by atoms with Gasteiger partial charge >= 0.3 is 5.97 Å². The van der Waals surface area contributed by atoms with E-state index in [1.807, 2.05) is 13.0 Å². The van der Waals surface area contributed by atoms with Crippen molar-refractivity contribution in [3.63, 3.8) is 0 Å². The van der Waals surface area contributed by atoms with Crippen molar-refractivity contribution in [2.45, 2.75) is 38.5 Å². The van der Waals surface area contributed by atoms with Gasteiger partial charge in [-0.3, -0.25) is 4.72 Å². The number of hydrogen-bond acceptors (Lipinski definition) is 4. The highest BCUT2D eigenvalue weighted by atomic mass is 32.2. The Balaban J connectivity index is 2.04. The van der Waals surface area contributed by atoms with Crippen LogP contribution in [0.5, 0.6) is 0 Å². The van der Waals surface area contributed by atoms with Crippen molar-refractivity contribution in [3.05, 3.63) is 53.1 Å². The minimum Gasteiger partial charge on any atom is -0.478 e. The number of carboxylic acids is 1. The molecule has 0 saturated carbocycles. The summed E-state index contributed by atoms with van der Waals surface area (Å²) in [5.41, 5.74) is 2.55. The van der Waals surface area contributed by atoms with Crippen LogP contribution >= 0.6 is 0 Å². The van der Waals surface area contributed by atoms with Crippen molar-refractivity contribution in [1.29, 1.82) is 0 Å². The van der Waals surface area contributed by atoms with E-state index in [0.29, 0.717) is 22.9 Å². The summed E-state index contributed by atoms with van der Waals surface area (Å²) in [5, 5.41) is 9.36. The molecule has 6 nitrogen and oxygen atoms in total. The molecule has 1 aliphatic heterocycles. The molecule has 0 aromatic heterocycles. The number of nitrogens with one attached hydrogen (secondary N) is 1. The van der Waals surface area contributed by atoms with Crippen molar-refractivity contribution >= 4 is 27.4 Å². The fourth-order valence-corrected chi connectivity index (χ4v) is 5.03. The topological polar surface area (TPSA) is 86.7 Å². The Labute approximate surface area is 166 Å². The molecule has 2 aromatic rings. The minimum absolute atomic E-state index is 0.0486. The molecule has 1 heterocycles. The molecule has 150 valence electrons. The predicted molar refractivity (Wildman–Crippen MR) is 111 cm³/mol. The fraction of sp³-hybridized carbons (Fsp3) is 0.381. The Hall–Kier alpha value is -2.54. The number of piperidine rings is 1. The van der Waals surface area contributed by atoms with Gasteiger partial charge in [0, 0.05) is 13.1 Å². The molecule has 2 aromatic carbocycles. The first-order chi connectivity index (χ1) is 13.2. The van der Waals surface area contributed by atoms with E-state index >= 15 is 0 Å². The Morgan fingerprint density at radius 1 is 1.18 bits per heavy atom. The van der Waals surface area contributed by atoms with Crippen molar-refractivity contribution < 1.29 is 18.3 Å². The van der Waals surface area contributed by atoms with E-state index < -0.39 is 16.0 Å². The maximum Gasteiger partial charge on any atom is 0.335 e. The molecule has 1 fully saturated rings. The Morgan fingerprint density at radius 2 is 1.93 bits per heavy atom. The molecule has 0 unspecified atom stereocenters. The lowest BCUT2D eigenvalue weighted by molar-refractivity contribution is 0.0697. The number of carboxylic acid groups (broad SMARTS) is 1. The van der Waals surface area contributed by atoms with Crippen LogP contribution in [0.2, 0.25) is 0 Å². The third-order valence-corrected chi connectivity index (χ3v) is 6.63. The average molecular weight is 403 g/mol. The summed E-state index contributed by atoms with van der Waals surface area (Å²) in [5.74, 6) is -0.595. The fourth-order valence-electron chi connectivity index (χ4n) is 3.63. The van der Waals surface area contributed by atoms with Gasteiger partial charge in [0.1, 0.15) is 0 Å². The second-order valence-electron chi connectivity index (χ2n) is 7.60. The number of aryl methyl sites for hydroxylation is 2. The van der Waals surface area contributed by atoms with Gasteiger partial charge in [-0.15, -0.1) is 0 Å². The average Bonchev–Trinajstić information content (AvgIpc) is 2.63. The third-order valence-electron chi connectivity index (χ3n) is 5.12. The van der Waals surface area contributed by atoms with Gasteiger partial charge in [-0.25, -0.2) is 13.2 Å². The van der Waals surface area contributed by atoms with Crippen LogP contribution in [-0.4, -0.2) is 32.6 Å². The van der Waals surface area contributed by atoms with E-state index in [1.165, 1.54) is 12.1 Å². The van der Waals surface area contributed by atoms with E-state index in [0.717, 1.165) is 31.5 Å². The number of anilines is 2. The zero-order valence-electron chi connectivity index (χ0n) is 16.4. The zero-order chi connectivity index (χ0) is 20.5. The Morgan fingerprint density at radius 3 is 2.61 bits per heavy atom. The molecule has 0 bridgehead atoms. The quantitative estimate of drug-likeness (QED) is 0.788. The highest BCUT2D eigenvalue weighted by Gasteiger charge is 2.24. The second-order valence-corrected chi connectivity index (χ2v) is 9.26. The van der Waals surface area contributed by atoms with Crippen molar-refractivity contribution in [2.75, 3.05) is 22.7 Å². The van der Waals surface area contributed by atoms with E-state index in [-0.39, 0.29) is 10.5 Å². The number of hydrogen-bond donors (Lipinski definition) is 2. The van der Waals surface area contributed by atoms with Crippen LogP contribution in [0.1, 0.15) is 41.3 Å². The molecule has 1 aliphatic rings. The van der Waals surface area contributed by atoms with Gasteiger partial charge in [0.2, 0.25) is 0 Å². The molecule has 1 atom stereocenters. The standard InChI is InChI=1S/C21H26N2O4S/c1-14-6-7-16(3)20(11-14)28(26,27)22-18-12-17(21(24)25)8-9-19(18)23-10-4-5-15(2)13-23/h6-9,11-12,15,22H,4-5,10,13H2,1-3H3,(H,24,25)/t15-/m1/s1. The van der Waals surface area contributed by atoms with E-state index in [2.05, 4.69) is 16.5 Å². The largest absolute Gasteiger partial charge is 0.478 e. The molecule has 0 amide bonds. The summed E-state index contributed by atoms with van der Waals surface area (Å²) in [4.78, 5) is 13.8. The Kier molecular flexibility index (Phi) is 5.65. The highest BCUT2D eigenvalue weighted by Crippen LogP contribution is 2.33. The molecule has 28 heavy (non-hydrogen) atoms. The molecule has 0 aliphatic carbocycles. The van der Waals surface area contributed by atoms with Gasteiger partial charge in [0.05, 0.1) is 21.8 Å². The molecule has 0 spiro atoms. The van der Waals surface area contributed by atoms with Crippen LogP contribution in [0.15, 0.2) is 41.3 Å². The molecule has 0 radical (unpaired) electrons. The first-order valence-corrected chi connectivity index (χ1v) is 10.9. The number of nitrogens with zero attached hydrogens (tertiary/aromatic N) is 1. The normalized spacial score (nSPS) is 17.4. The second kappa shape index (κ2) is 7.83. The maximum absolute atomic E-state index is 13.1. The zero-order valence-corrected chi connectivity index (χ0v) is 17.2. The van der Waals surface area contributed by atoms with Gasteiger partial charge in [0.15, 0.2) is 0 Å². The molecule has 1 saturated heterocycles. The summed E-state index contributed by atoms with van der Waals surface area (Å²) in [6, 6.07) is 9.88. The number of sulfonamides is 1. The summed E-state index contributed by atoms with van der Waals surface area (Å²) < 4.78 is 28.8. The monoisotopic (exact) mass is 402 g/mol. The van der Waals surface area contributed by atoms with Crippen LogP contribution in [0.4, 0.5) is 11.4 Å². The van der Waals surface area contributed by atoms with Gasteiger partial charge in [0.25, 0.3) is 10.0 Å². The van der Waals surface area contributed by atoms with Crippen molar-refractivity contribution in [1.82, 2.24) is 0 Å². The smallest absolute Gasteiger partial charge is 0.335 e. The number of rotatable bonds is 5. The molecule has 3 rings (SSSR count). The number of carbonyl (C=O) groups is 1. The van der Waals surface area contributed by atoms with Crippen LogP contribution in [0.25, 0.3) is 0 Å². The lowest BCUT2D eigenvalue weighted by Gasteiger charge is -2.34. The van der Waals surface area contributed by atoms with Crippen LogP contribution in [-0.2, 0) is 10.0 Å². The lowest BCUT2D eigenvalue weighted by Crippen LogP contribution is -2.35. The number of benzene rings is 2. The van der Waals surface area contributed by atoms with Gasteiger partial charge in [-0.1, -0.05) is 19.1 Å². The highest BCUT2D eigenvalue weighted by molar-refractivity contribution is 7.92. The van der Waals surface area contributed by atoms with E-state index in [4.69, 9.17) is 0 Å². The summed E-state index contributed by atoms with van der Waals surface area (Å²) in [6.07, 6.45) is 2.15. The first kappa shape index (κ1) is 20.2.